The minimum atomic E-state index is 1.04. The fraction of sp³-hybridized carbons (Fsp3) is 0. The lowest BCUT2D eigenvalue weighted by atomic mass is 10.0. The van der Waals surface area contributed by atoms with Gasteiger partial charge in [-0.15, -0.1) is 34.0 Å². The van der Waals surface area contributed by atoms with Crippen LogP contribution in [0.3, 0.4) is 0 Å². The van der Waals surface area contributed by atoms with Gasteiger partial charge in [-0.05, 0) is 106 Å². The second-order valence-corrected chi connectivity index (χ2v) is 18.8. The molecule has 0 atom stereocenters. The summed E-state index contributed by atoms with van der Waals surface area (Å²) in [5.41, 5.74) is 16.7. The molecule has 0 saturated carbocycles. The van der Waals surface area contributed by atoms with Gasteiger partial charge in [-0.3, -0.25) is 0 Å². The zero-order chi connectivity index (χ0) is 42.4. The van der Waals surface area contributed by atoms with E-state index in [0.29, 0.717) is 0 Å². The van der Waals surface area contributed by atoms with E-state index < -0.39 is 0 Å². The Labute approximate surface area is 382 Å². The van der Waals surface area contributed by atoms with Crippen molar-refractivity contribution in [3.05, 3.63) is 218 Å². The molecule has 0 radical (unpaired) electrons. The van der Waals surface area contributed by atoms with Crippen molar-refractivity contribution >= 4 is 81.7 Å². The van der Waals surface area contributed by atoms with Crippen LogP contribution in [0.4, 0.5) is 17.1 Å². The molecule has 0 fully saturated rings. The number of aromatic nitrogens is 3. The van der Waals surface area contributed by atoms with E-state index in [1.807, 2.05) is 18.2 Å². The van der Waals surface area contributed by atoms with Gasteiger partial charge in [-0.25, -0.2) is 15.0 Å². The predicted molar refractivity (Wildman–Crippen MR) is 273 cm³/mol. The Morgan fingerprint density at radius 2 is 0.453 bits per heavy atom. The Bertz CT molecular complexity index is 3090. The van der Waals surface area contributed by atoms with Crippen molar-refractivity contribution in [1.29, 1.82) is 0 Å². The Balaban J connectivity index is 0.837. The number of hydrogen-bond acceptors (Lipinski definition) is 7. The van der Waals surface area contributed by atoms with Crippen LogP contribution in [0.5, 0.6) is 0 Å². The highest BCUT2D eigenvalue weighted by Gasteiger charge is 2.15. The molecule has 0 aliphatic heterocycles. The molecule has 12 aromatic rings. The van der Waals surface area contributed by atoms with Crippen LogP contribution in [-0.4, -0.2) is 15.0 Å². The number of benzene rings is 9. The highest BCUT2D eigenvalue weighted by Crippen LogP contribution is 2.40. The summed E-state index contributed by atoms with van der Waals surface area (Å²) in [4.78, 5) is 16.9. The minimum absolute atomic E-state index is 1.04. The number of rotatable bonds is 9. The van der Waals surface area contributed by atoms with Crippen LogP contribution >= 0.6 is 34.0 Å². The van der Waals surface area contributed by atoms with Crippen molar-refractivity contribution in [3.8, 4) is 65.1 Å². The number of anilines is 3. The van der Waals surface area contributed by atoms with Gasteiger partial charge in [-0.1, -0.05) is 146 Å². The molecule has 4 nitrogen and oxygen atoms in total. The Morgan fingerprint density at radius 3 is 0.703 bits per heavy atom. The topological polar surface area (TPSA) is 41.9 Å². The van der Waals surface area contributed by atoms with Crippen molar-refractivity contribution in [2.75, 3.05) is 4.90 Å². The SMILES string of the molecule is c1ccc2sc(-c3ccc(-c4ccc(N(c5ccc(-c6ccc(-c7nc8ccccc8s7)cc6)cc5)c5ccc(-c6ccc(-c7nc8ccccc8s7)cc6)cc5)cc4)cc3)nc2c1. The first kappa shape index (κ1) is 38.2. The Morgan fingerprint density at radius 1 is 0.234 bits per heavy atom. The quantitative estimate of drug-likeness (QED) is 0.145. The van der Waals surface area contributed by atoms with E-state index in [4.69, 9.17) is 15.0 Å². The van der Waals surface area contributed by atoms with E-state index in [9.17, 15) is 0 Å². The Hall–Kier alpha value is -7.55. The molecule has 0 amide bonds. The van der Waals surface area contributed by atoms with Gasteiger partial charge in [0.15, 0.2) is 0 Å². The van der Waals surface area contributed by atoms with Gasteiger partial charge < -0.3 is 4.90 Å². The largest absolute Gasteiger partial charge is 0.311 e. The first-order valence-corrected chi connectivity index (χ1v) is 23.6. The normalized spacial score (nSPS) is 11.4. The summed E-state index contributed by atoms with van der Waals surface area (Å²) in [7, 11) is 0. The van der Waals surface area contributed by atoms with Crippen LogP contribution in [0.15, 0.2) is 218 Å². The van der Waals surface area contributed by atoms with Crippen LogP contribution < -0.4 is 4.90 Å². The van der Waals surface area contributed by atoms with Gasteiger partial charge in [0.25, 0.3) is 0 Å². The average Bonchev–Trinajstić information content (AvgIpc) is 4.13. The second-order valence-electron chi connectivity index (χ2n) is 15.7. The summed E-state index contributed by atoms with van der Waals surface area (Å²) in [5, 5.41) is 3.12. The molecule has 0 spiro atoms. The summed E-state index contributed by atoms with van der Waals surface area (Å²) < 4.78 is 3.62. The number of thiazole rings is 3. The fourth-order valence-corrected chi connectivity index (χ4v) is 11.2. The lowest BCUT2D eigenvalue weighted by molar-refractivity contribution is 1.28. The van der Waals surface area contributed by atoms with Gasteiger partial charge in [0.2, 0.25) is 0 Å². The highest BCUT2D eigenvalue weighted by atomic mass is 32.1. The van der Waals surface area contributed by atoms with E-state index in [1.54, 1.807) is 34.0 Å². The third-order valence-electron chi connectivity index (χ3n) is 11.7. The summed E-state index contributed by atoms with van der Waals surface area (Å²) in [6, 6.07) is 77.9. The van der Waals surface area contributed by atoms with Crippen molar-refractivity contribution in [2.45, 2.75) is 0 Å². The first-order valence-electron chi connectivity index (χ1n) is 21.1. The molecular weight excluding hydrogens is 837 g/mol. The zero-order valence-electron chi connectivity index (χ0n) is 34.3. The molecule has 302 valence electrons. The lowest BCUT2D eigenvalue weighted by Crippen LogP contribution is -2.09. The third-order valence-corrected chi connectivity index (χ3v) is 14.9. The summed E-state index contributed by atoms with van der Waals surface area (Å²) in [6.07, 6.45) is 0. The van der Waals surface area contributed by atoms with Crippen LogP contribution in [0, 0.1) is 0 Å². The molecule has 64 heavy (non-hydrogen) atoms. The molecule has 3 heterocycles. The van der Waals surface area contributed by atoms with Crippen molar-refractivity contribution in [3.63, 3.8) is 0 Å². The maximum atomic E-state index is 4.87. The second kappa shape index (κ2) is 16.3. The molecule has 0 aliphatic rings. The van der Waals surface area contributed by atoms with Crippen molar-refractivity contribution in [1.82, 2.24) is 15.0 Å². The lowest BCUT2D eigenvalue weighted by Gasteiger charge is -2.26. The average molecular weight is 873 g/mol. The van der Waals surface area contributed by atoms with E-state index in [1.165, 1.54) is 30.8 Å². The minimum Gasteiger partial charge on any atom is -0.311 e. The van der Waals surface area contributed by atoms with Crippen molar-refractivity contribution in [2.24, 2.45) is 0 Å². The summed E-state index contributed by atoms with van der Waals surface area (Å²) >= 11 is 5.20. The maximum absolute atomic E-state index is 4.87. The number of nitrogens with zero attached hydrogens (tertiary/aromatic N) is 4. The predicted octanol–water partition coefficient (Wildman–Crippen LogP) is 17.0. The van der Waals surface area contributed by atoms with E-state index in [0.717, 1.165) is 82.0 Å². The molecular formula is C57H36N4S3. The number of fused-ring (bicyclic) bond motifs is 3. The zero-order valence-corrected chi connectivity index (χ0v) is 36.7. The molecule has 0 aliphatic carbocycles. The molecule has 3 aromatic heterocycles. The van der Waals surface area contributed by atoms with Crippen LogP contribution in [0.1, 0.15) is 0 Å². The molecule has 9 aromatic carbocycles. The van der Waals surface area contributed by atoms with Gasteiger partial charge in [0.05, 0.1) is 30.6 Å². The number of para-hydroxylation sites is 3. The summed E-state index contributed by atoms with van der Waals surface area (Å²) in [6.45, 7) is 0. The molecule has 0 unspecified atom stereocenters. The summed E-state index contributed by atoms with van der Waals surface area (Å²) in [5.74, 6) is 0. The van der Waals surface area contributed by atoms with E-state index in [-0.39, 0.29) is 0 Å². The van der Waals surface area contributed by atoms with E-state index in [2.05, 4.69) is 205 Å². The van der Waals surface area contributed by atoms with Gasteiger partial charge in [-0.2, -0.15) is 0 Å². The first-order chi connectivity index (χ1) is 31.6. The van der Waals surface area contributed by atoms with Gasteiger partial charge in [0, 0.05) is 33.8 Å². The van der Waals surface area contributed by atoms with Crippen LogP contribution in [0.25, 0.3) is 95.7 Å². The maximum Gasteiger partial charge on any atom is 0.124 e. The third kappa shape index (κ3) is 7.35. The van der Waals surface area contributed by atoms with Crippen LogP contribution in [-0.2, 0) is 0 Å². The molecule has 7 heteroatoms. The highest BCUT2D eigenvalue weighted by molar-refractivity contribution is 7.22. The standard InChI is InChI=1S/C57H36N4S3/c1-4-10-52-49(7-1)58-55(62-52)43-19-13-37(14-20-43)40-25-31-46(32-26-40)61(47-33-27-41(28-34-47)38-15-21-44(22-16-38)56-59-50-8-2-5-11-53(50)63-56)48-35-29-42(30-36-48)39-17-23-45(24-18-39)57-60-51-9-3-6-12-54(51)64-57/h1-36H. The molecule has 0 bridgehead atoms. The fourth-order valence-electron chi connectivity index (χ4n) is 8.26. The number of hydrogen-bond donors (Lipinski definition) is 0. The molecule has 12 rings (SSSR count). The molecule has 0 saturated heterocycles. The van der Waals surface area contributed by atoms with E-state index >= 15 is 0 Å². The van der Waals surface area contributed by atoms with Gasteiger partial charge in [0.1, 0.15) is 15.0 Å². The van der Waals surface area contributed by atoms with Gasteiger partial charge >= 0.3 is 0 Å². The smallest absolute Gasteiger partial charge is 0.124 e. The monoisotopic (exact) mass is 872 g/mol. The van der Waals surface area contributed by atoms with Crippen molar-refractivity contribution < 1.29 is 0 Å². The molecule has 0 N–H and O–H groups in total. The Kier molecular flexibility index (Phi) is 9.71. The van der Waals surface area contributed by atoms with Crippen LogP contribution in [0.2, 0.25) is 0 Å².